The lowest BCUT2D eigenvalue weighted by Gasteiger charge is -2.26. The van der Waals surface area contributed by atoms with Gasteiger partial charge in [0.05, 0.1) is 23.8 Å². The largest absolute Gasteiger partial charge is 0.379 e. The van der Waals surface area contributed by atoms with Crippen LogP contribution in [0.1, 0.15) is 22.3 Å². The van der Waals surface area contributed by atoms with Gasteiger partial charge < -0.3 is 10.1 Å². The molecule has 0 unspecified atom stereocenters. The zero-order valence-corrected chi connectivity index (χ0v) is 18.3. The molecular weight excluding hydrogens is 402 g/mol. The Labute approximate surface area is 178 Å². The molecule has 2 aromatic rings. The Morgan fingerprint density at radius 1 is 1.13 bits per heavy atom. The molecule has 8 heteroatoms. The van der Waals surface area contributed by atoms with Crippen LogP contribution in [0.15, 0.2) is 53.4 Å². The molecular formula is C22H29N3O4S. The minimum atomic E-state index is -3.77. The molecule has 1 aliphatic heterocycles. The molecule has 1 amide bonds. The molecule has 162 valence electrons. The standard InChI is InChI=1S/C22H29N3O4S/c1-18-7-9-20(10-8-18)24(2)30(27,28)21-6-3-5-19(17-21)22(26)23-11-4-12-25-13-15-29-16-14-25/h3,5-10,17H,4,11-16H2,1-2H3,(H,23,26). The number of anilines is 1. The van der Waals surface area contributed by atoms with Crippen LogP contribution in [0.4, 0.5) is 5.69 Å². The summed E-state index contributed by atoms with van der Waals surface area (Å²) in [6.07, 6.45) is 0.833. The number of sulfonamides is 1. The van der Waals surface area contributed by atoms with E-state index in [0.717, 1.165) is 44.8 Å². The van der Waals surface area contributed by atoms with E-state index in [-0.39, 0.29) is 10.8 Å². The summed E-state index contributed by atoms with van der Waals surface area (Å²) in [5.41, 5.74) is 1.95. The molecule has 1 fully saturated rings. The van der Waals surface area contributed by atoms with Crippen LogP contribution in [0.5, 0.6) is 0 Å². The van der Waals surface area contributed by atoms with Gasteiger partial charge in [0.1, 0.15) is 0 Å². The van der Waals surface area contributed by atoms with Crippen molar-refractivity contribution < 1.29 is 17.9 Å². The first-order valence-electron chi connectivity index (χ1n) is 10.1. The monoisotopic (exact) mass is 431 g/mol. The molecule has 0 aromatic heterocycles. The summed E-state index contributed by atoms with van der Waals surface area (Å²) in [5.74, 6) is -0.271. The van der Waals surface area contributed by atoms with Gasteiger partial charge in [-0.3, -0.25) is 14.0 Å². The van der Waals surface area contributed by atoms with Crippen LogP contribution < -0.4 is 9.62 Å². The number of ether oxygens (including phenoxy) is 1. The average molecular weight is 432 g/mol. The number of amides is 1. The zero-order valence-electron chi connectivity index (χ0n) is 17.5. The number of hydrogen-bond acceptors (Lipinski definition) is 5. The lowest BCUT2D eigenvalue weighted by molar-refractivity contribution is 0.0374. The highest BCUT2D eigenvalue weighted by Crippen LogP contribution is 2.23. The fraction of sp³-hybridized carbons (Fsp3) is 0.409. The number of nitrogens with zero attached hydrogens (tertiary/aromatic N) is 2. The molecule has 1 saturated heterocycles. The van der Waals surface area contributed by atoms with Crippen LogP contribution in [0.2, 0.25) is 0 Å². The van der Waals surface area contributed by atoms with Crippen molar-refractivity contribution in [3.8, 4) is 0 Å². The minimum Gasteiger partial charge on any atom is -0.379 e. The van der Waals surface area contributed by atoms with E-state index in [4.69, 9.17) is 4.74 Å². The van der Waals surface area contributed by atoms with Crippen LogP contribution in [0.25, 0.3) is 0 Å². The van der Waals surface area contributed by atoms with Gasteiger partial charge in [-0.05, 0) is 50.2 Å². The Morgan fingerprint density at radius 3 is 2.53 bits per heavy atom. The summed E-state index contributed by atoms with van der Waals surface area (Å²) in [6.45, 7) is 6.73. The molecule has 0 atom stereocenters. The lowest BCUT2D eigenvalue weighted by Crippen LogP contribution is -2.38. The van der Waals surface area contributed by atoms with Gasteiger partial charge in [-0.25, -0.2) is 8.42 Å². The molecule has 0 radical (unpaired) electrons. The topological polar surface area (TPSA) is 79.0 Å². The number of carbonyl (C=O) groups is 1. The SMILES string of the molecule is Cc1ccc(N(C)S(=O)(=O)c2cccc(C(=O)NCCCN3CCOCC3)c2)cc1. The second kappa shape index (κ2) is 10.1. The van der Waals surface area contributed by atoms with Crippen molar-refractivity contribution >= 4 is 21.6 Å². The summed E-state index contributed by atoms with van der Waals surface area (Å²) in [5, 5.41) is 2.88. The van der Waals surface area contributed by atoms with Crippen molar-refractivity contribution in [3.05, 3.63) is 59.7 Å². The summed E-state index contributed by atoms with van der Waals surface area (Å²) in [4.78, 5) is 14.9. The van der Waals surface area contributed by atoms with Gasteiger partial charge in [0.2, 0.25) is 0 Å². The van der Waals surface area contributed by atoms with Gasteiger partial charge in [-0.15, -0.1) is 0 Å². The van der Waals surface area contributed by atoms with Crippen molar-refractivity contribution in [1.82, 2.24) is 10.2 Å². The Bertz CT molecular complexity index is 955. The predicted molar refractivity (Wildman–Crippen MR) is 117 cm³/mol. The van der Waals surface area contributed by atoms with Crippen LogP contribution in [-0.2, 0) is 14.8 Å². The van der Waals surface area contributed by atoms with Gasteiger partial charge in [0.15, 0.2) is 0 Å². The maximum Gasteiger partial charge on any atom is 0.264 e. The van der Waals surface area contributed by atoms with Crippen LogP contribution >= 0.6 is 0 Å². The number of benzene rings is 2. The first-order chi connectivity index (χ1) is 14.4. The number of aryl methyl sites for hydroxylation is 1. The van der Waals surface area contributed by atoms with E-state index in [2.05, 4.69) is 10.2 Å². The first kappa shape index (κ1) is 22.3. The zero-order chi connectivity index (χ0) is 21.6. The molecule has 3 rings (SSSR count). The molecule has 0 spiro atoms. The molecule has 0 bridgehead atoms. The van der Waals surface area contributed by atoms with E-state index in [1.165, 1.54) is 23.5 Å². The molecule has 1 heterocycles. The molecule has 0 saturated carbocycles. The van der Waals surface area contributed by atoms with Crippen LogP contribution in [0, 0.1) is 6.92 Å². The molecule has 2 aromatic carbocycles. The third-order valence-electron chi connectivity index (χ3n) is 5.19. The van der Waals surface area contributed by atoms with E-state index >= 15 is 0 Å². The van der Waals surface area contributed by atoms with Gasteiger partial charge >= 0.3 is 0 Å². The molecule has 7 nitrogen and oxygen atoms in total. The third kappa shape index (κ3) is 5.59. The number of carbonyl (C=O) groups excluding carboxylic acids is 1. The Hall–Kier alpha value is -2.42. The first-order valence-corrected chi connectivity index (χ1v) is 11.6. The second-order valence-corrected chi connectivity index (χ2v) is 9.37. The van der Waals surface area contributed by atoms with Crippen molar-refractivity contribution in [2.24, 2.45) is 0 Å². The van der Waals surface area contributed by atoms with E-state index in [9.17, 15) is 13.2 Å². The fourth-order valence-electron chi connectivity index (χ4n) is 3.28. The van der Waals surface area contributed by atoms with Crippen LogP contribution in [0.3, 0.4) is 0 Å². The molecule has 0 aliphatic carbocycles. The fourth-order valence-corrected chi connectivity index (χ4v) is 4.52. The number of hydrogen-bond donors (Lipinski definition) is 1. The van der Waals surface area contributed by atoms with E-state index in [1.54, 1.807) is 24.3 Å². The average Bonchev–Trinajstić information content (AvgIpc) is 2.77. The number of nitrogens with one attached hydrogen (secondary N) is 1. The molecule has 1 N–H and O–H groups in total. The summed E-state index contributed by atoms with van der Waals surface area (Å²) in [7, 11) is -2.25. The lowest BCUT2D eigenvalue weighted by atomic mass is 10.2. The normalized spacial score (nSPS) is 15.0. The quantitative estimate of drug-likeness (QED) is 0.649. The van der Waals surface area contributed by atoms with Gasteiger partial charge in [-0.1, -0.05) is 23.8 Å². The molecule has 30 heavy (non-hydrogen) atoms. The maximum atomic E-state index is 13.0. The Balaban J connectivity index is 1.61. The van der Waals surface area contributed by atoms with Crippen molar-refractivity contribution in [1.29, 1.82) is 0 Å². The Morgan fingerprint density at radius 2 is 1.83 bits per heavy atom. The van der Waals surface area contributed by atoms with Crippen molar-refractivity contribution in [3.63, 3.8) is 0 Å². The summed E-state index contributed by atoms with van der Waals surface area (Å²) in [6, 6.07) is 13.4. The summed E-state index contributed by atoms with van der Waals surface area (Å²) < 4.78 is 32.6. The number of morpholine rings is 1. The van der Waals surface area contributed by atoms with Crippen molar-refractivity contribution in [2.75, 3.05) is 50.7 Å². The summed E-state index contributed by atoms with van der Waals surface area (Å²) >= 11 is 0. The highest BCUT2D eigenvalue weighted by atomic mass is 32.2. The maximum absolute atomic E-state index is 13.0. The van der Waals surface area contributed by atoms with Gasteiger partial charge in [-0.2, -0.15) is 0 Å². The van der Waals surface area contributed by atoms with E-state index < -0.39 is 10.0 Å². The number of rotatable bonds is 8. The van der Waals surface area contributed by atoms with E-state index in [1.807, 2.05) is 19.1 Å². The van der Waals surface area contributed by atoms with E-state index in [0.29, 0.717) is 17.8 Å². The Kier molecular flexibility index (Phi) is 7.47. The smallest absolute Gasteiger partial charge is 0.264 e. The third-order valence-corrected chi connectivity index (χ3v) is 6.97. The predicted octanol–water partition coefficient (Wildman–Crippen LogP) is 2.27. The van der Waals surface area contributed by atoms with Gasteiger partial charge in [0, 0.05) is 32.2 Å². The highest BCUT2D eigenvalue weighted by molar-refractivity contribution is 7.92. The van der Waals surface area contributed by atoms with Crippen LogP contribution in [-0.4, -0.2) is 65.7 Å². The van der Waals surface area contributed by atoms with Gasteiger partial charge in [0.25, 0.3) is 15.9 Å². The van der Waals surface area contributed by atoms with Crippen molar-refractivity contribution in [2.45, 2.75) is 18.2 Å². The molecule has 1 aliphatic rings. The second-order valence-electron chi connectivity index (χ2n) is 7.40. The minimum absolute atomic E-state index is 0.0894. The highest BCUT2D eigenvalue weighted by Gasteiger charge is 2.22.